The molecule has 15 heavy (non-hydrogen) atoms. The van der Waals surface area contributed by atoms with E-state index in [1.807, 2.05) is 0 Å². The molecule has 1 nitrogen and oxygen atoms in total. The molecule has 2 aromatic rings. The van der Waals surface area contributed by atoms with Gasteiger partial charge in [-0.1, -0.05) is 0 Å². The summed E-state index contributed by atoms with van der Waals surface area (Å²) in [6.07, 6.45) is 2.41. The van der Waals surface area contributed by atoms with Gasteiger partial charge in [0.2, 0.25) is 0 Å². The summed E-state index contributed by atoms with van der Waals surface area (Å²) in [6, 6.07) is 4.21. The van der Waals surface area contributed by atoms with Crippen LogP contribution in [0.2, 0.25) is 0 Å². The van der Waals surface area contributed by atoms with E-state index in [2.05, 4.69) is 33.7 Å². The molecule has 0 aliphatic carbocycles. The van der Waals surface area contributed by atoms with Gasteiger partial charge in [0, 0.05) is 0 Å². The summed E-state index contributed by atoms with van der Waals surface area (Å²) in [5, 5.41) is 18.2. The molecular formula is C12H14OS2. The zero-order valence-electron chi connectivity index (χ0n) is 8.43. The van der Waals surface area contributed by atoms with Crippen molar-refractivity contribution in [1.82, 2.24) is 0 Å². The van der Waals surface area contributed by atoms with Crippen molar-refractivity contribution < 1.29 is 5.11 Å². The largest absolute Gasteiger partial charge is 0.393 e. The molecule has 0 amide bonds. The molecule has 0 spiro atoms. The van der Waals surface area contributed by atoms with Gasteiger partial charge >= 0.3 is 0 Å². The normalized spacial score (nSPS) is 12.9. The summed E-state index contributed by atoms with van der Waals surface area (Å²) in [4.78, 5) is 0. The van der Waals surface area contributed by atoms with Crippen LogP contribution in [-0.2, 0) is 12.8 Å². The molecule has 2 aromatic heterocycles. The van der Waals surface area contributed by atoms with E-state index in [0.717, 1.165) is 19.3 Å². The first-order chi connectivity index (χ1) is 7.34. The number of aliphatic hydroxyl groups excluding tert-OH is 1. The van der Waals surface area contributed by atoms with Crippen molar-refractivity contribution in [2.75, 3.05) is 0 Å². The Hall–Kier alpha value is -0.640. The van der Waals surface area contributed by atoms with E-state index in [1.165, 1.54) is 11.1 Å². The summed E-state index contributed by atoms with van der Waals surface area (Å²) in [7, 11) is 0. The molecule has 0 aliphatic rings. The second-order valence-corrected chi connectivity index (χ2v) is 5.22. The Labute approximate surface area is 98.0 Å². The van der Waals surface area contributed by atoms with Crippen molar-refractivity contribution in [3.05, 3.63) is 44.8 Å². The highest BCUT2D eigenvalue weighted by Gasteiger charge is 2.06. The lowest BCUT2D eigenvalue weighted by Crippen LogP contribution is -2.10. The lowest BCUT2D eigenvalue weighted by Gasteiger charge is -2.08. The highest BCUT2D eigenvalue weighted by Crippen LogP contribution is 2.13. The van der Waals surface area contributed by atoms with E-state index in [0.29, 0.717) is 0 Å². The molecule has 2 rings (SSSR count). The SMILES string of the molecule is OC(CCc1ccsc1)Cc1ccsc1. The Kier molecular flexibility index (Phi) is 3.94. The van der Waals surface area contributed by atoms with E-state index in [4.69, 9.17) is 0 Å². The fourth-order valence-corrected chi connectivity index (χ4v) is 2.94. The summed E-state index contributed by atoms with van der Waals surface area (Å²) in [5.74, 6) is 0. The van der Waals surface area contributed by atoms with Gasteiger partial charge in [-0.15, -0.1) is 0 Å². The highest BCUT2D eigenvalue weighted by molar-refractivity contribution is 7.08. The molecule has 1 unspecified atom stereocenters. The van der Waals surface area contributed by atoms with Gasteiger partial charge in [0.1, 0.15) is 0 Å². The standard InChI is InChI=1S/C12H14OS2/c13-12(7-11-4-6-15-9-11)2-1-10-3-5-14-8-10/h3-6,8-9,12-13H,1-2,7H2. The fourth-order valence-electron chi connectivity index (χ4n) is 1.55. The van der Waals surface area contributed by atoms with Crippen molar-refractivity contribution >= 4 is 22.7 Å². The molecule has 1 atom stereocenters. The van der Waals surface area contributed by atoms with Crippen LogP contribution in [-0.4, -0.2) is 11.2 Å². The third-order valence-electron chi connectivity index (χ3n) is 2.40. The molecule has 0 saturated carbocycles. The lowest BCUT2D eigenvalue weighted by atomic mass is 10.0. The fraction of sp³-hybridized carbons (Fsp3) is 0.333. The minimum atomic E-state index is -0.209. The van der Waals surface area contributed by atoms with Crippen LogP contribution in [0.4, 0.5) is 0 Å². The number of hydrogen-bond donors (Lipinski definition) is 1. The molecular weight excluding hydrogens is 224 g/mol. The van der Waals surface area contributed by atoms with Crippen molar-refractivity contribution in [2.24, 2.45) is 0 Å². The van der Waals surface area contributed by atoms with Crippen LogP contribution < -0.4 is 0 Å². The summed E-state index contributed by atoms with van der Waals surface area (Å²) >= 11 is 3.40. The van der Waals surface area contributed by atoms with E-state index < -0.39 is 0 Å². The molecule has 3 heteroatoms. The maximum absolute atomic E-state index is 9.83. The maximum atomic E-state index is 9.83. The topological polar surface area (TPSA) is 20.2 Å². The van der Waals surface area contributed by atoms with Gasteiger partial charge in [0.05, 0.1) is 6.10 Å². The summed E-state index contributed by atoms with van der Waals surface area (Å²) in [5.41, 5.74) is 2.59. The average Bonchev–Trinajstić information content (AvgIpc) is 2.86. The molecule has 0 aliphatic heterocycles. The predicted molar refractivity (Wildman–Crippen MR) is 66.7 cm³/mol. The molecule has 0 fully saturated rings. The molecule has 2 heterocycles. The number of aryl methyl sites for hydroxylation is 1. The van der Waals surface area contributed by atoms with E-state index >= 15 is 0 Å². The smallest absolute Gasteiger partial charge is 0.0584 e. The monoisotopic (exact) mass is 238 g/mol. The number of aliphatic hydroxyl groups is 1. The second-order valence-electron chi connectivity index (χ2n) is 3.66. The predicted octanol–water partition coefficient (Wildman–Crippen LogP) is 3.35. The van der Waals surface area contributed by atoms with Crippen molar-refractivity contribution in [3.63, 3.8) is 0 Å². The Bertz CT molecular complexity index is 364. The lowest BCUT2D eigenvalue weighted by molar-refractivity contribution is 0.165. The maximum Gasteiger partial charge on any atom is 0.0584 e. The van der Waals surface area contributed by atoms with Crippen LogP contribution in [0.5, 0.6) is 0 Å². The summed E-state index contributed by atoms with van der Waals surface area (Å²) in [6.45, 7) is 0. The highest BCUT2D eigenvalue weighted by atomic mass is 32.1. The third kappa shape index (κ3) is 3.45. The van der Waals surface area contributed by atoms with Crippen molar-refractivity contribution in [1.29, 1.82) is 0 Å². The van der Waals surface area contributed by atoms with Gasteiger partial charge in [0.25, 0.3) is 0 Å². The van der Waals surface area contributed by atoms with Crippen LogP contribution in [0.3, 0.4) is 0 Å². The van der Waals surface area contributed by atoms with E-state index in [-0.39, 0.29) is 6.10 Å². The Morgan fingerprint density at radius 3 is 2.33 bits per heavy atom. The Balaban J connectivity index is 1.76. The number of thiophene rings is 2. The second kappa shape index (κ2) is 5.45. The molecule has 0 saturated heterocycles. The van der Waals surface area contributed by atoms with Crippen molar-refractivity contribution in [2.45, 2.75) is 25.4 Å². The van der Waals surface area contributed by atoms with Crippen molar-refractivity contribution in [3.8, 4) is 0 Å². The zero-order valence-corrected chi connectivity index (χ0v) is 10.1. The third-order valence-corrected chi connectivity index (χ3v) is 3.86. The zero-order chi connectivity index (χ0) is 10.5. The van der Waals surface area contributed by atoms with Crippen LogP contribution >= 0.6 is 22.7 Å². The van der Waals surface area contributed by atoms with Crippen LogP contribution in [0.1, 0.15) is 17.5 Å². The Morgan fingerprint density at radius 1 is 1.07 bits per heavy atom. The van der Waals surface area contributed by atoms with Gasteiger partial charge in [0.15, 0.2) is 0 Å². The molecule has 0 bridgehead atoms. The quantitative estimate of drug-likeness (QED) is 0.847. The minimum Gasteiger partial charge on any atom is -0.393 e. The van der Waals surface area contributed by atoms with E-state index in [1.54, 1.807) is 22.7 Å². The van der Waals surface area contributed by atoms with E-state index in [9.17, 15) is 5.11 Å². The molecule has 0 radical (unpaired) electrons. The molecule has 80 valence electrons. The van der Waals surface area contributed by atoms with Crippen LogP contribution in [0.15, 0.2) is 33.7 Å². The first-order valence-corrected chi connectivity index (χ1v) is 6.93. The molecule has 1 N–H and O–H groups in total. The average molecular weight is 238 g/mol. The number of hydrogen-bond acceptors (Lipinski definition) is 3. The molecule has 0 aromatic carbocycles. The van der Waals surface area contributed by atoms with Crippen LogP contribution in [0.25, 0.3) is 0 Å². The first kappa shape index (κ1) is 10.9. The van der Waals surface area contributed by atoms with Crippen LogP contribution in [0, 0.1) is 0 Å². The minimum absolute atomic E-state index is 0.209. The first-order valence-electron chi connectivity index (χ1n) is 5.05. The van der Waals surface area contributed by atoms with Gasteiger partial charge in [-0.3, -0.25) is 0 Å². The summed E-state index contributed by atoms with van der Waals surface area (Å²) < 4.78 is 0. The van der Waals surface area contributed by atoms with Gasteiger partial charge in [-0.05, 0) is 64.0 Å². The number of rotatable bonds is 5. The van der Waals surface area contributed by atoms with Gasteiger partial charge in [-0.2, -0.15) is 22.7 Å². The van der Waals surface area contributed by atoms with Gasteiger partial charge < -0.3 is 5.11 Å². The van der Waals surface area contributed by atoms with Gasteiger partial charge in [-0.25, -0.2) is 0 Å². The Morgan fingerprint density at radius 2 is 1.73 bits per heavy atom.